The van der Waals surface area contributed by atoms with Crippen LogP contribution in [0.1, 0.15) is 37.0 Å². The highest BCUT2D eigenvalue weighted by atomic mass is 32.1. The van der Waals surface area contributed by atoms with Crippen LogP contribution in [0.3, 0.4) is 0 Å². The standard InChI is InChI=1S/C20H24N4S/c1-3-17-9-5-10-18(4-2)19(17)23-20(25)24(13-7-11-21)15-16-8-6-12-22-14-16/h5-6,8-10,12,14H,3-4,7,13,15H2,1-2H3,(H,23,25). The second kappa shape index (κ2) is 9.75. The van der Waals surface area contributed by atoms with E-state index in [1.54, 1.807) is 6.20 Å². The molecule has 0 aliphatic heterocycles. The van der Waals surface area contributed by atoms with Gasteiger partial charge in [0.05, 0.1) is 12.5 Å². The molecule has 1 N–H and O–H groups in total. The van der Waals surface area contributed by atoms with Gasteiger partial charge >= 0.3 is 0 Å². The molecule has 0 bridgehead atoms. The van der Waals surface area contributed by atoms with Gasteiger partial charge in [-0.2, -0.15) is 5.26 Å². The number of rotatable bonds is 7. The monoisotopic (exact) mass is 352 g/mol. The molecule has 0 radical (unpaired) electrons. The fourth-order valence-corrected chi connectivity index (χ4v) is 3.00. The Kier molecular flexibility index (Phi) is 7.36. The minimum atomic E-state index is 0.429. The van der Waals surface area contributed by atoms with Gasteiger partial charge in [-0.05, 0) is 47.8 Å². The Morgan fingerprint density at radius 1 is 1.20 bits per heavy atom. The summed E-state index contributed by atoms with van der Waals surface area (Å²) in [5.74, 6) is 0. The van der Waals surface area contributed by atoms with Crippen LogP contribution in [0.15, 0.2) is 42.7 Å². The Morgan fingerprint density at radius 3 is 2.48 bits per heavy atom. The lowest BCUT2D eigenvalue weighted by Crippen LogP contribution is -2.35. The third kappa shape index (κ3) is 5.27. The number of thiocarbonyl (C=S) groups is 1. The number of hydrogen-bond acceptors (Lipinski definition) is 3. The Hall–Kier alpha value is -2.45. The first-order valence-corrected chi connectivity index (χ1v) is 9.02. The average molecular weight is 353 g/mol. The molecule has 0 saturated heterocycles. The molecule has 0 unspecified atom stereocenters. The van der Waals surface area contributed by atoms with Crippen molar-refractivity contribution in [2.45, 2.75) is 39.7 Å². The van der Waals surface area contributed by atoms with Crippen LogP contribution in [0.4, 0.5) is 5.69 Å². The van der Waals surface area contributed by atoms with Crippen LogP contribution in [-0.2, 0) is 19.4 Å². The SMILES string of the molecule is CCc1cccc(CC)c1NC(=S)N(CCC#N)Cc1cccnc1. The summed E-state index contributed by atoms with van der Waals surface area (Å²) in [7, 11) is 0. The molecule has 0 amide bonds. The molecule has 5 heteroatoms. The van der Waals surface area contributed by atoms with Gasteiger partial charge in [0.25, 0.3) is 0 Å². The van der Waals surface area contributed by atoms with Crippen LogP contribution in [0, 0.1) is 11.3 Å². The maximum absolute atomic E-state index is 8.96. The minimum Gasteiger partial charge on any atom is -0.344 e. The predicted octanol–water partition coefficient (Wildman–Crippen LogP) is 4.32. The summed E-state index contributed by atoms with van der Waals surface area (Å²) in [4.78, 5) is 6.19. The molecular weight excluding hydrogens is 328 g/mol. The first kappa shape index (κ1) is 18.9. The van der Waals surface area contributed by atoms with E-state index in [2.05, 4.69) is 48.4 Å². The number of pyridine rings is 1. The van der Waals surface area contributed by atoms with Gasteiger partial charge in [0.15, 0.2) is 5.11 Å². The van der Waals surface area contributed by atoms with Crippen molar-refractivity contribution in [2.24, 2.45) is 0 Å². The summed E-state index contributed by atoms with van der Waals surface area (Å²) in [6.07, 6.45) is 5.90. The topological polar surface area (TPSA) is 52.0 Å². The zero-order chi connectivity index (χ0) is 18.1. The molecule has 0 atom stereocenters. The molecule has 130 valence electrons. The molecule has 0 fully saturated rings. The molecule has 1 aromatic carbocycles. The first-order valence-electron chi connectivity index (χ1n) is 8.62. The third-order valence-electron chi connectivity index (χ3n) is 4.11. The molecule has 0 saturated carbocycles. The van der Waals surface area contributed by atoms with Gasteiger partial charge in [-0.1, -0.05) is 38.1 Å². The summed E-state index contributed by atoms with van der Waals surface area (Å²) in [6, 6.07) is 12.5. The molecule has 2 rings (SSSR count). The van der Waals surface area contributed by atoms with E-state index in [0.717, 1.165) is 24.1 Å². The zero-order valence-corrected chi connectivity index (χ0v) is 15.6. The minimum absolute atomic E-state index is 0.429. The molecule has 0 spiro atoms. The Labute approximate surface area is 155 Å². The molecule has 4 nitrogen and oxygen atoms in total. The molecule has 0 aliphatic carbocycles. The zero-order valence-electron chi connectivity index (χ0n) is 14.8. The van der Waals surface area contributed by atoms with Gasteiger partial charge in [-0.25, -0.2) is 0 Å². The van der Waals surface area contributed by atoms with E-state index in [9.17, 15) is 0 Å². The van der Waals surface area contributed by atoms with Crippen LogP contribution < -0.4 is 5.32 Å². The molecule has 1 heterocycles. The van der Waals surface area contributed by atoms with Crippen LogP contribution in [0.25, 0.3) is 0 Å². The Balaban J connectivity index is 2.21. The van der Waals surface area contributed by atoms with Gasteiger partial charge in [0.2, 0.25) is 0 Å². The lowest BCUT2D eigenvalue weighted by molar-refractivity contribution is 0.427. The largest absolute Gasteiger partial charge is 0.344 e. The molecule has 0 aliphatic rings. The van der Waals surface area contributed by atoms with E-state index >= 15 is 0 Å². The maximum Gasteiger partial charge on any atom is 0.173 e. The van der Waals surface area contributed by atoms with Gasteiger partial charge in [-0.3, -0.25) is 4.98 Å². The smallest absolute Gasteiger partial charge is 0.173 e. The van der Waals surface area contributed by atoms with Crippen molar-refractivity contribution in [1.82, 2.24) is 9.88 Å². The maximum atomic E-state index is 8.96. The summed E-state index contributed by atoms with van der Waals surface area (Å²) >= 11 is 5.67. The fraction of sp³-hybridized carbons (Fsp3) is 0.350. The number of nitriles is 1. The third-order valence-corrected chi connectivity index (χ3v) is 4.47. The summed E-state index contributed by atoms with van der Waals surface area (Å²) in [5.41, 5.74) is 4.68. The van der Waals surface area contributed by atoms with Crippen LogP contribution in [0.2, 0.25) is 0 Å². The highest BCUT2D eigenvalue weighted by molar-refractivity contribution is 7.80. The van der Waals surface area contributed by atoms with Crippen molar-refractivity contribution in [3.8, 4) is 6.07 Å². The molecule has 2 aromatic rings. The van der Waals surface area contributed by atoms with Crippen molar-refractivity contribution < 1.29 is 0 Å². The fourth-order valence-electron chi connectivity index (χ4n) is 2.74. The van der Waals surface area contributed by atoms with E-state index in [0.29, 0.717) is 24.6 Å². The van der Waals surface area contributed by atoms with E-state index < -0.39 is 0 Å². The number of para-hydroxylation sites is 1. The predicted molar refractivity (Wildman–Crippen MR) is 106 cm³/mol. The number of anilines is 1. The van der Waals surface area contributed by atoms with E-state index in [1.165, 1.54) is 11.1 Å². The Morgan fingerprint density at radius 2 is 1.92 bits per heavy atom. The van der Waals surface area contributed by atoms with Crippen molar-refractivity contribution in [3.63, 3.8) is 0 Å². The van der Waals surface area contributed by atoms with Crippen LogP contribution in [0.5, 0.6) is 0 Å². The number of nitrogens with one attached hydrogen (secondary N) is 1. The van der Waals surface area contributed by atoms with Crippen molar-refractivity contribution >= 4 is 23.0 Å². The van der Waals surface area contributed by atoms with Crippen LogP contribution in [-0.4, -0.2) is 21.5 Å². The van der Waals surface area contributed by atoms with Gasteiger partial charge in [0, 0.05) is 31.2 Å². The highest BCUT2D eigenvalue weighted by Crippen LogP contribution is 2.23. The normalized spacial score (nSPS) is 10.1. The van der Waals surface area contributed by atoms with Crippen molar-refractivity contribution in [3.05, 3.63) is 59.4 Å². The number of aromatic nitrogens is 1. The number of hydrogen-bond donors (Lipinski definition) is 1. The number of nitrogens with zero attached hydrogens (tertiary/aromatic N) is 3. The highest BCUT2D eigenvalue weighted by Gasteiger charge is 2.14. The second-order valence-electron chi connectivity index (χ2n) is 5.78. The summed E-state index contributed by atoms with van der Waals surface area (Å²) in [6.45, 7) is 5.52. The van der Waals surface area contributed by atoms with Crippen LogP contribution >= 0.6 is 12.2 Å². The second-order valence-corrected chi connectivity index (χ2v) is 6.17. The van der Waals surface area contributed by atoms with E-state index in [4.69, 9.17) is 17.5 Å². The van der Waals surface area contributed by atoms with Gasteiger partial charge in [-0.15, -0.1) is 0 Å². The van der Waals surface area contributed by atoms with E-state index in [-0.39, 0.29) is 0 Å². The molecular formula is C20H24N4S. The first-order chi connectivity index (χ1) is 12.2. The lowest BCUT2D eigenvalue weighted by atomic mass is 10.0. The van der Waals surface area contributed by atoms with Gasteiger partial charge in [0.1, 0.15) is 0 Å². The quantitative estimate of drug-likeness (QED) is 0.752. The molecule has 25 heavy (non-hydrogen) atoms. The lowest BCUT2D eigenvalue weighted by Gasteiger charge is -2.26. The summed E-state index contributed by atoms with van der Waals surface area (Å²) in [5, 5.41) is 13.1. The number of benzene rings is 1. The van der Waals surface area contributed by atoms with Crippen molar-refractivity contribution in [1.29, 1.82) is 5.26 Å². The van der Waals surface area contributed by atoms with Gasteiger partial charge < -0.3 is 10.2 Å². The number of aryl methyl sites for hydroxylation is 2. The van der Waals surface area contributed by atoms with E-state index in [1.807, 2.05) is 23.2 Å². The summed E-state index contributed by atoms with van der Waals surface area (Å²) < 4.78 is 0. The Bertz CT molecular complexity index is 715. The average Bonchev–Trinajstić information content (AvgIpc) is 2.65. The van der Waals surface area contributed by atoms with Crippen molar-refractivity contribution in [2.75, 3.05) is 11.9 Å². The molecule has 1 aromatic heterocycles.